The fourth-order valence-corrected chi connectivity index (χ4v) is 2.75. The summed E-state index contributed by atoms with van der Waals surface area (Å²) in [6.45, 7) is 4.45. The summed E-state index contributed by atoms with van der Waals surface area (Å²) in [6.07, 6.45) is 0.268. The fourth-order valence-electron chi connectivity index (χ4n) is 2.55. The molecule has 0 bridgehead atoms. The van der Waals surface area contributed by atoms with Crippen molar-refractivity contribution in [2.45, 2.75) is 12.6 Å². The quantitative estimate of drug-likeness (QED) is 0.831. The Balaban J connectivity index is 2.00. The third kappa shape index (κ3) is 4.35. The van der Waals surface area contributed by atoms with Gasteiger partial charge in [0.2, 0.25) is 0 Å². The van der Waals surface area contributed by atoms with Crippen molar-refractivity contribution in [3.8, 4) is 5.75 Å². The molecule has 2 rings (SSSR count). The lowest BCUT2D eigenvalue weighted by Gasteiger charge is -2.34. The van der Waals surface area contributed by atoms with E-state index in [1.54, 1.807) is 7.11 Å². The van der Waals surface area contributed by atoms with Crippen LogP contribution in [0.3, 0.4) is 0 Å². The van der Waals surface area contributed by atoms with Gasteiger partial charge in [0, 0.05) is 36.8 Å². The molecule has 1 aliphatic heterocycles. The fraction of sp³-hybridized carbons (Fsp3) is 0.600. The van der Waals surface area contributed by atoms with Crippen molar-refractivity contribution < 1.29 is 9.47 Å². The summed E-state index contributed by atoms with van der Waals surface area (Å²) in [4.78, 5) is 4.56. The first-order chi connectivity index (χ1) is 9.58. The van der Waals surface area contributed by atoms with Crippen molar-refractivity contribution in [1.82, 2.24) is 9.80 Å². The number of nitrogens with zero attached hydrogens (tertiary/aromatic N) is 2. The molecule has 0 N–H and O–H groups in total. The summed E-state index contributed by atoms with van der Waals surface area (Å²) >= 11 is 6.08. The minimum atomic E-state index is 0.268. The Morgan fingerprint density at radius 3 is 2.95 bits per heavy atom. The molecule has 0 aromatic heterocycles. The second kappa shape index (κ2) is 7.27. The molecule has 112 valence electrons. The van der Waals surface area contributed by atoms with Crippen molar-refractivity contribution in [1.29, 1.82) is 0 Å². The van der Waals surface area contributed by atoms with Gasteiger partial charge >= 0.3 is 0 Å². The number of likely N-dealkylation sites (N-methyl/N-ethyl adjacent to an activating group) is 1. The summed E-state index contributed by atoms with van der Waals surface area (Å²) in [5, 5.41) is 0.749. The monoisotopic (exact) mass is 298 g/mol. The molecule has 4 nitrogen and oxygen atoms in total. The predicted molar refractivity (Wildman–Crippen MR) is 81.6 cm³/mol. The van der Waals surface area contributed by atoms with Crippen LogP contribution in [-0.2, 0) is 11.3 Å². The van der Waals surface area contributed by atoms with Crippen LogP contribution < -0.4 is 4.74 Å². The van der Waals surface area contributed by atoms with Crippen molar-refractivity contribution in [2.75, 3.05) is 47.4 Å². The molecule has 1 saturated heterocycles. The minimum Gasteiger partial charge on any atom is -0.496 e. The molecule has 20 heavy (non-hydrogen) atoms. The Labute approximate surface area is 126 Å². The number of rotatable bonds is 5. The molecule has 1 fully saturated rings. The van der Waals surface area contributed by atoms with Crippen molar-refractivity contribution in [3.63, 3.8) is 0 Å². The average molecular weight is 299 g/mol. The Morgan fingerprint density at radius 2 is 2.25 bits per heavy atom. The second-order valence-corrected chi connectivity index (χ2v) is 5.88. The molecule has 0 radical (unpaired) electrons. The molecule has 5 heteroatoms. The standard InChI is InChI=1S/C15H23ClN2O2/c1-17(2)10-14-11-18(6-7-20-14)9-12-8-13(16)4-5-15(12)19-3/h4-5,8,14H,6-7,9-11H2,1-3H3/t14-/m0/s1. The lowest BCUT2D eigenvalue weighted by atomic mass is 10.1. The molecule has 0 unspecified atom stereocenters. The van der Waals surface area contributed by atoms with Crippen LogP contribution in [-0.4, -0.2) is 63.4 Å². The maximum absolute atomic E-state index is 6.08. The van der Waals surface area contributed by atoms with Crippen LogP contribution in [0.25, 0.3) is 0 Å². The van der Waals surface area contributed by atoms with Crippen LogP contribution in [0, 0.1) is 0 Å². The predicted octanol–water partition coefficient (Wildman–Crippen LogP) is 2.11. The number of methoxy groups -OCH3 is 1. The highest BCUT2D eigenvalue weighted by Gasteiger charge is 2.21. The SMILES string of the molecule is COc1ccc(Cl)cc1CN1CCO[C@@H](CN(C)C)C1. The zero-order valence-electron chi connectivity index (χ0n) is 12.4. The van der Waals surface area contributed by atoms with Crippen molar-refractivity contribution in [2.24, 2.45) is 0 Å². The first kappa shape index (κ1) is 15.6. The summed E-state index contributed by atoms with van der Waals surface area (Å²) in [6, 6.07) is 5.77. The Kier molecular flexibility index (Phi) is 5.66. The van der Waals surface area contributed by atoms with E-state index in [1.807, 2.05) is 18.2 Å². The molecule has 0 aliphatic carbocycles. The number of halogens is 1. The molecule has 1 atom stereocenters. The maximum atomic E-state index is 6.08. The van der Waals surface area contributed by atoms with Crippen LogP contribution in [0.5, 0.6) is 5.75 Å². The summed E-state index contributed by atoms with van der Waals surface area (Å²) in [7, 11) is 5.84. The molecule has 1 aromatic carbocycles. The summed E-state index contributed by atoms with van der Waals surface area (Å²) in [5.41, 5.74) is 1.13. The summed E-state index contributed by atoms with van der Waals surface area (Å²) in [5.74, 6) is 0.894. The highest BCUT2D eigenvalue weighted by Crippen LogP contribution is 2.24. The lowest BCUT2D eigenvalue weighted by molar-refractivity contribution is -0.0408. The Morgan fingerprint density at radius 1 is 1.45 bits per heavy atom. The minimum absolute atomic E-state index is 0.268. The van der Waals surface area contributed by atoms with E-state index in [1.165, 1.54) is 0 Å². The smallest absolute Gasteiger partial charge is 0.123 e. The molecule has 1 heterocycles. The molecule has 1 aromatic rings. The lowest BCUT2D eigenvalue weighted by Crippen LogP contribution is -2.45. The molecule has 0 amide bonds. The molecule has 0 spiro atoms. The van der Waals surface area contributed by atoms with Crippen molar-refractivity contribution in [3.05, 3.63) is 28.8 Å². The summed E-state index contributed by atoms with van der Waals surface area (Å²) < 4.78 is 11.2. The second-order valence-electron chi connectivity index (χ2n) is 5.45. The number of hydrogen-bond donors (Lipinski definition) is 0. The zero-order chi connectivity index (χ0) is 14.5. The van der Waals surface area contributed by atoms with Crippen LogP contribution in [0.4, 0.5) is 0 Å². The van der Waals surface area contributed by atoms with Crippen LogP contribution in [0.2, 0.25) is 5.02 Å². The van der Waals surface area contributed by atoms with Gasteiger partial charge in [0.1, 0.15) is 5.75 Å². The van der Waals surface area contributed by atoms with Gasteiger partial charge < -0.3 is 14.4 Å². The van der Waals surface area contributed by atoms with E-state index in [4.69, 9.17) is 21.1 Å². The maximum Gasteiger partial charge on any atom is 0.123 e. The molecular formula is C15H23ClN2O2. The van der Waals surface area contributed by atoms with Gasteiger partial charge in [-0.2, -0.15) is 0 Å². The number of ether oxygens (including phenoxy) is 2. The Bertz CT molecular complexity index is 440. The van der Waals surface area contributed by atoms with E-state index in [0.717, 1.165) is 49.1 Å². The van der Waals surface area contributed by atoms with E-state index >= 15 is 0 Å². The van der Waals surface area contributed by atoms with Crippen molar-refractivity contribution >= 4 is 11.6 Å². The van der Waals surface area contributed by atoms with E-state index in [9.17, 15) is 0 Å². The van der Waals surface area contributed by atoms with Gasteiger partial charge in [0.05, 0.1) is 19.8 Å². The van der Waals surface area contributed by atoms with Gasteiger partial charge in [-0.1, -0.05) is 11.6 Å². The normalized spacial score (nSPS) is 20.4. The van der Waals surface area contributed by atoms with E-state index in [-0.39, 0.29) is 6.10 Å². The van der Waals surface area contributed by atoms with E-state index < -0.39 is 0 Å². The number of benzene rings is 1. The first-order valence-electron chi connectivity index (χ1n) is 6.89. The molecule has 0 saturated carbocycles. The zero-order valence-corrected chi connectivity index (χ0v) is 13.2. The third-order valence-corrected chi connectivity index (χ3v) is 3.66. The van der Waals surface area contributed by atoms with E-state index in [2.05, 4.69) is 23.9 Å². The van der Waals surface area contributed by atoms with Gasteiger partial charge in [-0.05, 0) is 32.3 Å². The van der Waals surface area contributed by atoms with Gasteiger partial charge in [-0.15, -0.1) is 0 Å². The third-order valence-electron chi connectivity index (χ3n) is 3.43. The number of hydrogen-bond acceptors (Lipinski definition) is 4. The molecule has 1 aliphatic rings. The van der Waals surface area contributed by atoms with Crippen LogP contribution in [0.1, 0.15) is 5.56 Å². The highest BCUT2D eigenvalue weighted by atomic mass is 35.5. The first-order valence-corrected chi connectivity index (χ1v) is 7.27. The highest BCUT2D eigenvalue weighted by molar-refractivity contribution is 6.30. The van der Waals surface area contributed by atoms with Gasteiger partial charge in [0.15, 0.2) is 0 Å². The van der Waals surface area contributed by atoms with Gasteiger partial charge in [0.25, 0.3) is 0 Å². The number of morpholine rings is 1. The Hall–Kier alpha value is -0.810. The van der Waals surface area contributed by atoms with Crippen LogP contribution in [0.15, 0.2) is 18.2 Å². The van der Waals surface area contributed by atoms with E-state index in [0.29, 0.717) is 0 Å². The van der Waals surface area contributed by atoms with Crippen LogP contribution >= 0.6 is 11.6 Å². The molecular weight excluding hydrogens is 276 g/mol. The largest absolute Gasteiger partial charge is 0.496 e. The topological polar surface area (TPSA) is 24.9 Å². The average Bonchev–Trinajstić information content (AvgIpc) is 2.38. The van der Waals surface area contributed by atoms with Gasteiger partial charge in [-0.25, -0.2) is 0 Å². The van der Waals surface area contributed by atoms with Gasteiger partial charge in [-0.3, -0.25) is 4.90 Å².